The van der Waals surface area contributed by atoms with Crippen LogP contribution in [0.1, 0.15) is 50.2 Å². The molecule has 3 rings (SSSR count). The van der Waals surface area contributed by atoms with Gasteiger partial charge in [-0.25, -0.2) is 0 Å². The second kappa shape index (κ2) is 3.59. The quantitative estimate of drug-likeness (QED) is 0.701. The second-order valence-corrected chi connectivity index (χ2v) is 5.98. The number of nitrogens with one attached hydrogen (secondary N) is 1. The molecule has 1 heteroatoms. The van der Waals surface area contributed by atoms with Gasteiger partial charge in [0.15, 0.2) is 0 Å². The Morgan fingerprint density at radius 2 is 2.06 bits per heavy atom. The van der Waals surface area contributed by atoms with Crippen molar-refractivity contribution in [2.24, 2.45) is 0 Å². The zero-order valence-electron chi connectivity index (χ0n) is 10.3. The van der Waals surface area contributed by atoms with E-state index in [2.05, 4.69) is 43.4 Å². The molecule has 0 unspecified atom stereocenters. The first-order valence-electron chi connectivity index (χ1n) is 6.51. The maximum Gasteiger partial charge on any atom is 0.0144 e. The van der Waals surface area contributed by atoms with Crippen LogP contribution in [0.25, 0.3) is 0 Å². The molecule has 1 fully saturated rings. The lowest BCUT2D eigenvalue weighted by Crippen LogP contribution is -2.47. The Labute approximate surface area is 98.3 Å². The second-order valence-electron chi connectivity index (χ2n) is 5.98. The molecule has 0 spiro atoms. The minimum absolute atomic E-state index is 0.335. The minimum atomic E-state index is 0.335. The molecule has 1 nitrogen and oxygen atoms in total. The Balaban J connectivity index is 2.09. The largest absolute Gasteiger partial charge is 0.313 e. The summed E-state index contributed by atoms with van der Waals surface area (Å²) in [5.74, 6) is 0.762. The molecule has 1 saturated heterocycles. The molecule has 1 heterocycles. The highest BCUT2D eigenvalue weighted by molar-refractivity contribution is 5.40. The van der Waals surface area contributed by atoms with Gasteiger partial charge in [0, 0.05) is 6.04 Å². The Morgan fingerprint density at radius 1 is 1.25 bits per heavy atom. The van der Waals surface area contributed by atoms with Gasteiger partial charge in [0.25, 0.3) is 0 Å². The van der Waals surface area contributed by atoms with Gasteiger partial charge in [0.2, 0.25) is 0 Å². The average Bonchev–Trinajstić information content (AvgIpc) is 2.29. The smallest absolute Gasteiger partial charge is 0.0144 e. The van der Waals surface area contributed by atoms with Crippen LogP contribution < -0.4 is 5.32 Å². The summed E-state index contributed by atoms with van der Waals surface area (Å²) >= 11 is 0. The molecule has 1 aliphatic heterocycles. The van der Waals surface area contributed by atoms with Crippen LogP contribution in [-0.4, -0.2) is 12.6 Å². The molecule has 1 aromatic rings. The van der Waals surface area contributed by atoms with E-state index in [1.165, 1.54) is 25.8 Å². The van der Waals surface area contributed by atoms with E-state index < -0.39 is 0 Å². The standard InChI is InChI=1S/C15H21N/c1-15(2)10-14-12(7-5-9-16-14)11-6-3-4-8-13(11)15/h3-4,6,8,12,14,16H,5,7,9-10H2,1-2H3/t12-,14+/m0/s1. The van der Waals surface area contributed by atoms with Crippen molar-refractivity contribution in [3.05, 3.63) is 35.4 Å². The number of hydrogen-bond acceptors (Lipinski definition) is 1. The first-order valence-corrected chi connectivity index (χ1v) is 6.51. The topological polar surface area (TPSA) is 12.0 Å². The summed E-state index contributed by atoms with van der Waals surface area (Å²) in [4.78, 5) is 0. The maximum absolute atomic E-state index is 3.72. The third-order valence-corrected chi connectivity index (χ3v) is 4.40. The van der Waals surface area contributed by atoms with E-state index in [9.17, 15) is 0 Å². The fourth-order valence-corrected chi connectivity index (χ4v) is 3.64. The van der Waals surface area contributed by atoms with Gasteiger partial charge in [-0.05, 0) is 48.3 Å². The van der Waals surface area contributed by atoms with Crippen molar-refractivity contribution in [2.45, 2.75) is 50.5 Å². The van der Waals surface area contributed by atoms with Crippen LogP contribution in [0.3, 0.4) is 0 Å². The van der Waals surface area contributed by atoms with Gasteiger partial charge >= 0.3 is 0 Å². The van der Waals surface area contributed by atoms with Crippen LogP contribution in [0, 0.1) is 0 Å². The molecule has 2 aliphatic rings. The van der Waals surface area contributed by atoms with Crippen molar-refractivity contribution in [3.8, 4) is 0 Å². The van der Waals surface area contributed by atoms with E-state index in [0.29, 0.717) is 11.5 Å². The summed E-state index contributed by atoms with van der Waals surface area (Å²) in [6.45, 7) is 5.98. The molecule has 0 aromatic heterocycles. The third-order valence-electron chi connectivity index (χ3n) is 4.40. The summed E-state index contributed by atoms with van der Waals surface area (Å²) in [6, 6.07) is 9.78. The predicted octanol–water partition coefficient (Wildman–Crippen LogP) is 3.20. The maximum atomic E-state index is 3.72. The van der Waals surface area contributed by atoms with E-state index in [4.69, 9.17) is 0 Å². The highest BCUT2D eigenvalue weighted by Crippen LogP contribution is 2.45. The molecule has 16 heavy (non-hydrogen) atoms. The van der Waals surface area contributed by atoms with Gasteiger partial charge in [0.1, 0.15) is 0 Å². The zero-order valence-corrected chi connectivity index (χ0v) is 10.3. The molecule has 0 radical (unpaired) electrons. The van der Waals surface area contributed by atoms with Gasteiger partial charge in [-0.2, -0.15) is 0 Å². The fourth-order valence-electron chi connectivity index (χ4n) is 3.64. The summed E-state index contributed by atoms with van der Waals surface area (Å²) in [7, 11) is 0. The van der Waals surface area contributed by atoms with Crippen molar-refractivity contribution < 1.29 is 0 Å². The SMILES string of the molecule is CC1(C)C[C@H]2NCCC[C@H]2c2ccccc21. The van der Waals surface area contributed by atoms with Gasteiger partial charge in [0.05, 0.1) is 0 Å². The van der Waals surface area contributed by atoms with Crippen LogP contribution >= 0.6 is 0 Å². The van der Waals surface area contributed by atoms with E-state index >= 15 is 0 Å². The molecule has 0 amide bonds. The number of benzene rings is 1. The lowest BCUT2D eigenvalue weighted by Gasteiger charge is -2.45. The molecular weight excluding hydrogens is 194 g/mol. The lowest BCUT2D eigenvalue weighted by atomic mass is 9.64. The van der Waals surface area contributed by atoms with Crippen molar-refractivity contribution in [3.63, 3.8) is 0 Å². The van der Waals surface area contributed by atoms with E-state index in [-0.39, 0.29) is 0 Å². The lowest BCUT2D eigenvalue weighted by molar-refractivity contribution is 0.259. The molecule has 1 aliphatic carbocycles. The Hall–Kier alpha value is -0.820. The summed E-state index contributed by atoms with van der Waals surface area (Å²) in [5, 5.41) is 3.72. The van der Waals surface area contributed by atoms with Crippen molar-refractivity contribution >= 4 is 0 Å². The van der Waals surface area contributed by atoms with Gasteiger partial charge in [-0.1, -0.05) is 38.1 Å². The Kier molecular flexibility index (Phi) is 2.32. The molecule has 1 aromatic carbocycles. The monoisotopic (exact) mass is 215 g/mol. The van der Waals surface area contributed by atoms with E-state index in [0.717, 1.165) is 5.92 Å². The van der Waals surface area contributed by atoms with Gasteiger partial charge < -0.3 is 5.32 Å². The first kappa shape index (κ1) is 10.3. The summed E-state index contributed by atoms with van der Waals surface area (Å²) in [5.41, 5.74) is 3.53. The predicted molar refractivity (Wildman–Crippen MR) is 67.9 cm³/mol. The van der Waals surface area contributed by atoms with Gasteiger partial charge in [-0.3, -0.25) is 0 Å². The van der Waals surface area contributed by atoms with Crippen LogP contribution in [-0.2, 0) is 5.41 Å². The van der Waals surface area contributed by atoms with Crippen molar-refractivity contribution in [2.75, 3.05) is 6.54 Å². The summed E-state index contributed by atoms with van der Waals surface area (Å²) in [6.07, 6.45) is 3.98. The summed E-state index contributed by atoms with van der Waals surface area (Å²) < 4.78 is 0. The number of fused-ring (bicyclic) bond motifs is 3. The van der Waals surface area contributed by atoms with Gasteiger partial charge in [-0.15, -0.1) is 0 Å². The molecule has 0 saturated carbocycles. The normalized spacial score (nSPS) is 31.6. The van der Waals surface area contributed by atoms with Crippen LogP contribution in [0.5, 0.6) is 0 Å². The molecule has 86 valence electrons. The Morgan fingerprint density at radius 3 is 2.94 bits per heavy atom. The highest BCUT2D eigenvalue weighted by Gasteiger charge is 2.39. The minimum Gasteiger partial charge on any atom is -0.313 e. The fraction of sp³-hybridized carbons (Fsp3) is 0.600. The molecular formula is C15H21N. The van der Waals surface area contributed by atoms with Crippen LogP contribution in [0.15, 0.2) is 24.3 Å². The van der Waals surface area contributed by atoms with Crippen molar-refractivity contribution in [1.29, 1.82) is 0 Å². The number of rotatable bonds is 0. The zero-order chi connectivity index (χ0) is 11.2. The van der Waals surface area contributed by atoms with Crippen LogP contribution in [0.4, 0.5) is 0 Å². The number of hydrogen-bond donors (Lipinski definition) is 1. The highest BCUT2D eigenvalue weighted by atomic mass is 14.9. The average molecular weight is 215 g/mol. The van der Waals surface area contributed by atoms with E-state index in [1.807, 2.05) is 0 Å². The first-order chi connectivity index (χ1) is 7.68. The molecule has 0 bridgehead atoms. The van der Waals surface area contributed by atoms with E-state index in [1.54, 1.807) is 11.1 Å². The third kappa shape index (κ3) is 1.49. The number of piperidine rings is 1. The van der Waals surface area contributed by atoms with Crippen molar-refractivity contribution in [1.82, 2.24) is 5.32 Å². The van der Waals surface area contributed by atoms with Crippen LogP contribution in [0.2, 0.25) is 0 Å². The Bertz CT molecular complexity index is 394. The molecule has 2 atom stereocenters. The molecule has 1 N–H and O–H groups in total.